The molecule has 0 bridgehead atoms. The van der Waals surface area contributed by atoms with Crippen molar-refractivity contribution in [1.82, 2.24) is 15.0 Å². The number of rotatable bonds is 0. The molecule has 0 unspecified atom stereocenters. The molecule has 0 radical (unpaired) electrons. The van der Waals surface area contributed by atoms with E-state index in [4.69, 9.17) is 0 Å². The Kier molecular flexibility index (Phi) is 1.70. The summed E-state index contributed by atoms with van der Waals surface area (Å²) in [4.78, 5) is 20.9. The molecule has 4 nitrogen and oxygen atoms in total. The molecule has 3 rings (SSSR count). The third kappa shape index (κ3) is 1.27. The van der Waals surface area contributed by atoms with Crippen molar-refractivity contribution in [3.05, 3.63) is 39.4 Å². The van der Waals surface area contributed by atoms with Crippen LogP contribution in [0.4, 0.5) is 0 Å². The quantitative estimate of drug-likeness (QED) is 0.653. The van der Waals surface area contributed by atoms with Crippen molar-refractivity contribution in [3.8, 4) is 0 Å². The third-order valence-corrected chi connectivity index (χ3v) is 2.81. The molecule has 0 atom stereocenters. The standard InChI is InChI=1S/C10H6BrN3O/c11-5-1-2-7-6(3-5)9-8(4-12-7)13-10(15)14-9/h1-4H,(H2,13,14,15). The zero-order valence-corrected chi connectivity index (χ0v) is 9.13. The average molecular weight is 264 g/mol. The van der Waals surface area contributed by atoms with E-state index in [0.29, 0.717) is 0 Å². The van der Waals surface area contributed by atoms with Crippen LogP contribution in [0.2, 0.25) is 0 Å². The first-order chi connectivity index (χ1) is 7.24. The van der Waals surface area contributed by atoms with Gasteiger partial charge in [-0.1, -0.05) is 15.9 Å². The molecule has 1 aromatic carbocycles. The van der Waals surface area contributed by atoms with Gasteiger partial charge < -0.3 is 9.97 Å². The van der Waals surface area contributed by atoms with Crippen molar-refractivity contribution in [2.75, 3.05) is 0 Å². The molecule has 0 fully saturated rings. The van der Waals surface area contributed by atoms with Crippen molar-refractivity contribution in [2.24, 2.45) is 0 Å². The van der Waals surface area contributed by atoms with E-state index in [1.807, 2.05) is 18.2 Å². The molecule has 15 heavy (non-hydrogen) atoms. The van der Waals surface area contributed by atoms with Crippen molar-refractivity contribution in [1.29, 1.82) is 0 Å². The van der Waals surface area contributed by atoms with E-state index in [1.54, 1.807) is 6.20 Å². The molecule has 0 aliphatic heterocycles. The van der Waals surface area contributed by atoms with Crippen LogP contribution < -0.4 is 5.69 Å². The van der Waals surface area contributed by atoms with Crippen molar-refractivity contribution < 1.29 is 0 Å². The van der Waals surface area contributed by atoms with E-state index in [1.165, 1.54) is 0 Å². The summed E-state index contributed by atoms with van der Waals surface area (Å²) in [5, 5.41) is 0.931. The molecular formula is C10H6BrN3O. The van der Waals surface area contributed by atoms with Crippen molar-refractivity contribution in [2.45, 2.75) is 0 Å². The molecule has 2 N–H and O–H groups in total. The SMILES string of the molecule is O=c1[nH]c2cnc3ccc(Br)cc3c2[nH]1. The predicted molar refractivity (Wildman–Crippen MR) is 61.9 cm³/mol. The van der Waals surface area contributed by atoms with Crippen molar-refractivity contribution >= 4 is 37.9 Å². The van der Waals surface area contributed by atoms with Gasteiger partial charge in [-0.25, -0.2) is 4.79 Å². The Morgan fingerprint density at radius 3 is 3.00 bits per heavy atom. The molecule has 0 aliphatic carbocycles. The number of fused-ring (bicyclic) bond motifs is 3. The molecule has 0 amide bonds. The zero-order chi connectivity index (χ0) is 10.4. The summed E-state index contributed by atoms with van der Waals surface area (Å²) in [6, 6.07) is 5.77. The number of benzene rings is 1. The van der Waals surface area contributed by atoms with Crippen LogP contribution in [-0.2, 0) is 0 Å². The Hall–Kier alpha value is -1.62. The highest BCUT2D eigenvalue weighted by atomic mass is 79.9. The molecule has 74 valence electrons. The first kappa shape index (κ1) is 8.67. The fourth-order valence-corrected chi connectivity index (χ4v) is 2.02. The normalized spacial score (nSPS) is 11.3. The Labute approximate surface area is 92.5 Å². The van der Waals surface area contributed by atoms with Gasteiger partial charge in [0.2, 0.25) is 0 Å². The van der Waals surface area contributed by atoms with E-state index in [-0.39, 0.29) is 5.69 Å². The summed E-state index contributed by atoms with van der Waals surface area (Å²) in [6.45, 7) is 0. The van der Waals surface area contributed by atoms with Gasteiger partial charge in [0.1, 0.15) is 0 Å². The summed E-state index contributed by atoms with van der Waals surface area (Å²) in [6.07, 6.45) is 1.66. The Morgan fingerprint density at radius 1 is 1.27 bits per heavy atom. The van der Waals surface area contributed by atoms with Crippen LogP contribution in [0, 0.1) is 0 Å². The van der Waals surface area contributed by atoms with Crippen LogP contribution in [0.5, 0.6) is 0 Å². The molecule has 5 heteroatoms. The summed E-state index contributed by atoms with van der Waals surface area (Å²) in [5.41, 5.74) is 2.18. The molecule has 2 aromatic heterocycles. The fraction of sp³-hybridized carbons (Fsp3) is 0. The molecule has 2 heterocycles. The first-order valence-corrected chi connectivity index (χ1v) is 5.19. The highest BCUT2D eigenvalue weighted by molar-refractivity contribution is 9.10. The smallest absolute Gasteiger partial charge is 0.305 e. The topological polar surface area (TPSA) is 61.5 Å². The molecular weight excluding hydrogens is 258 g/mol. The predicted octanol–water partition coefficient (Wildman–Crippen LogP) is 2.17. The highest BCUT2D eigenvalue weighted by Gasteiger charge is 2.04. The first-order valence-electron chi connectivity index (χ1n) is 4.40. The van der Waals surface area contributed by atoms with Crippen LogP contribution in [-0.4, -0.2) is 15.0 Å². The number of nitrogens with one attached hydrogen (secondary N) is 2. The number of pyridine rings is 1. The second-order valence-electron chi connectivity index (χ2n) is 3.29. The maximum Gasteiger partial charge on any atom is 0.323 e. The van der Waals surface area contributed by atoms with Gasteiger partial charge >= 0.3 is 5.69 Å². The second kappa shape index (κ2) is 2.93. The fourth-order valence-electron chi connectivity index (χ4n) is 1.66. The van der Waals surface area contributed by atoms with Gasteiger partial charge in [0, 0.05) is 9.86 Å². The summed E-state index contributed by atoms with van der Waals surface area (Å²) < 4.78 is 0.964. The molecule has 3 aromatic rings. The maximum absolute atomic E-state index is 11.2. The lowest BCUT2D eigenvalue weighted by atomic mass is 10.2. The lowest BCUT2D eigenvalue weighted by molar-refractivity contribution is 1.21. The van der Waals surface area contributed by atoms with Gasteiger partial charge in [0.05, 0.1) is 22.7 Å². The van der Waals surface area contributed by atoms with Crippen LogP contribution in [0.1, 0.15) is 0 Å². The van der Waals surface area contributed by atoms with Crippen LogP contribution >= 0.6 is 15.9 Å². The summed E-state index contributed by atoms with van der Waals surface area (Å²) in [5.74, 6) is 0. The zero-order valence-electron chi connectivity index (χ0n) is 7.54. The van der Waals surface area contributed by atoms with Crippen LogP contribution in [0.3, 0.4) is 0 Å². The van der Waals surface area contributed by atoms with E-state index >= 15 is 0 Å². The number of aromatic nitrogens is 3. The van der Waals surface area contributed by atoms with Crippen LogP contribution in [0.25, 0.3) is 21.9 Å². The molecule has 0 saturated carbocycles. The minimum Gasteiger partial charge on any atom is -0.305 e. The largest absolute Gasteiger partial charge is 0.323 e. The van der Waals surface area contributed by atoms with Gasteiger partial charge in [0.25, 0.3) is 0 Å². The summed E-state index contributed by atoms with van der Waals surface area (Å²) >= 11 is 3.39. The molecule has 0 saturated heterocycles. The second-order valence-corrected chi connectivity index (χ2v) is 4.20. The van der Waals surface area contributed by atoms with E-state index in [2.05, 4.69) is 30.9 Å². The van der Waals surface area contributed by atoms with Gasteiger partial charge in [0.15, 0.2) is 0 Å². The van der Waals surface area contributed by atoms with E-state index < -0.39 is 0 Å². The van der Waals surface area contributed by atoms with Gasteiger partial charge in [-0.3, -0.25) is 4.98 Å². The number of hydrogen-bond donors (Lipinski definition) is 2. The van der Waals surface area contributed by atoms with Gasteiger partial charge in [-0.05, 0) is 18.2 Å². The minimum atomic E-state index is -0.209. The highest BCUT2D eigenvalue weighted by Crippen LogP contribution is 2.23. The molecule has 0 spiro atoms. The number of halogens is 1. The average Bonchev–Trinajstić information content (AvgIpc) is 2.58. The Morgan fingerprint density at radius 2 is 2.13 bits per heavy atom. The number of nitrogens with zero attached hydrogens (tertiary/aromatic N) is 1. The van der Waals surface area contributed by atoms with Gasteiger partial charge in [-0.2, -0.15) is 0 Å². The van der Waals surface area contributed by atoms with E-state index in [0.717, 1.165) is 26.4 Å². The Balaban J connectivity index is 2.62. The lowest BCUT2D eigenvalue weighted by Gasteiger charge is -1.98. The maximum atomic E-state index is 11.2. The molecule has 0 aliphatic rings. The number of H-pyrrole nitrogens is 2. The summed E-state index contributed by atoms with van der Waals surface area (Å²) in [7, 11) is 0. The lowest BCUT2D eigenvalue weighted by Crippen LogP contribution is -1.99. The number of hydrogen-bond acceptors (Lipinski definition) is 2. The monoisotopic (exact) mass is 263 g/mol. The van der Waals surface area contributed by atoms with Crippen LogP contribution in [0.15, 0.2) is 33.7 Å². The van der Waals surface area contributed by atoms with E-state index in [9.17, 15) is 4.79 Å². The van der Waals surface area contributed by atoms with Gasteiger partial charge in [-0.15, -0.1) is 0 Å². The Bertz CT molecular complexity index is 713. The van der Waals surface area contributed by atoms with Crippen molar-refractivity contribution in [3.63, 3.8) is 0 Å². The number of aromatic amines is 2. The number of imidazole rings is 1. The third-order valence-electron chi connectivity index (χ3n) is 2.32. The minimum absolute atomic E-state index is 0.209.